The maximum Gasteiger partial charge on any atom is 0.121 e. The van der Waals surface area contributed by atoms with E-state index in [4.69, 9.17) is 9.47 Å². The zero-order valence-corrected chi connectivity index (χ0v) is 52.1. The molecule has 8 aromatic rings. The van der Waals surface area contributed by atoms with Crippen LogP contribution in [0.5, 0.6) is 0 Å². The number of hydrogen-bond donors (Lipinski definition) is 2. The number of quaternary nitrogens is 2. The van der Waals surface area contributed by atoms with Crippen LogP contribution < -0.4 is 34.0 Å². The van der Waals surface area contributed by atoms with Crippen LogP contribution in [0.25, 0.3) is 21.5 Å². The summed E-state index contributed by atoms with van der Waals surface area (Å²) >= 11 is 0. The topological polar surface area (TPSA) is 58.9 Å². The lowest BCUT2D eigenvalue weighted by Gasteiger charge is -2.60. The first kappa shape index (κ1) is 63.0. The fourth-order valence-electron chi connectivity index (χ4n) is 14.6. The van der Waals surface area contributed by atoms with Gasteiger partial charge in [-0.15, -0.1) is 0 Å². The molecule has 6 saturated heterocycles. The number of hydrogen-bond acceptors (Lipinski definition) is 4. The third-order valence-electron chi connectivity index (χ3n) is 19.7. The third-order valence-corrected chi connectivity index (χ3v) is 19.7. The molecule has 8 aromatic carbocycles. The summed E-state index contributed by atoms with van der Waals surface area (Å²) in [4.78, 5) is 0. The van der Waals surface area contributed by atoms with E-state index < -0.39 is 11.2 Å². The molecule has 6 aliphatic heterocycles. The highest BCUT2D eigenvalue weighted by Crippen LogP contribution is 2.59. The molecule has 8 heteroatoms. The zero-order chi connectivity index (χ0) is 55.2. The number of nitrogens with zero attached hydrogens (tertiary/aromatic N) is 2. The smallest absolute Gasteiger partial charge is 0.121 e. The molecule has 0 amide bonds. The molecule has 14 rings (SSSR count). The van der Waals surface area contributed by atoms with Crippen molar-refractivity contribution in [3.8, 4) is 0 Å². The van der Waals surface area contributed by atoms with E-state index in [0.717, 1.165) is 135 Å². The van der Waals surface area contributed by atoms with Crippen molar-refractivity contribution in [2.24, 2.45) is 10.8 Å². The van der Waals surface area contributed by atoms with Gasteiger partial charge in [-0.25, -0.2) is 0 Å². The first-order valence-electron chi connectivity index (χ1n) is 30.6. The van der Waals surface area contributed by atoms with Gasteiger partial charge in [-0.3, -0.25) is 0 Å². The Kier molecular flexibility index (Phi) is 22.4. The number of ether oxygens (including phenoxy) is 2. The summed E-state index contributed by atoms with van der Waals surface area (Å²) in [7, 11) is 0. The molecule has 4 bridgehead atoms. The molecule has 0 aliphatic carbocycles. The summed E-state index contributed by atoms with van der Waals surface area (Å²) < 4.78 is 14.6. The van der Waals surface area contributed by atoms with Crippen LogP contribution >= 0.6 is 0 Å². The van der Waals surface area contributed by atoms with Gasteiger partial charge in [-0.05, 0) is 67.1 Å². The number of fused-ring (bicyclic) bond motifs is 8. The monoisotopic (exact) mass is 1230 g/mol. The van der Waals surface area contributed by atoms with Crippen LogP contribution in [0, 0.1) is 10.8 Å². The Morgan fingerprint density at radius 3 is 0.939 bits per heavy atom. The normalized spacial score (nSPS) is 21.8. The zero-order valence-electron chi connectivity index (χ0n) is 49.0. The molecule has 0 spiro atoms. The fourth-order valence-corrected chi connectivity index (χ4v) is 14.6. The lowest BCUT2D eigenvalue weighted by Crippen LogP contribution is -3.00. The SMILES string of the molecule is CCCCCCCC.OC(c1ccccc1)(c1ccccc1)C12CC[N+](CCOCc3ccc4ccccc4c3)(CC1)CC2.OC(c1ccccc1)(c1ccccc1)C12CC[N+](CCOCc3ccc4ccccc4c3)(CC1)CC2.[Br-].[Br-]. The molecule has 434 valence electrons. The molecular weight excluding hydrogens is 1140 g/mol. The van der Waals surface area contributed by atoms with Crippen molar-refractivity contribution in [2.45, 2.75) is 115 Å². The highest BCUT2D eigenvalue weighted by atomic mass is 79.9. The van der Waals surface area contributed by atoms with E-state index in [2.05, 4.69) is 196 Å². The molecule has 0 atom stereocenters. The van der Waals surface area contributed by atoms with Crippen LogP contribution in [0.2, 0.25) is 0 Å². The minimum absolute atomic E-state index is 0. The summed E-state index contributed by atoms with van der Waals surface area (Å²) in [5.41, 5.74) is 4.41. The third kappa shape index (κ3) is 13.9. The predicted octanol–water partition coefficient (Wildman–Crippen LogP) is 9.96. The lowest BCUT2D eigenvalue weighted by molar-refractivity contribution is -0.946. The molecule has 6 heterocycles. The van der Waals surface area contributed by atoms with Crippen molar-refractivity contribution in [2.75, 3.05) is 65.6 Å². The second-order valence-corrected chi connectivity index (χ2v) is 24.3. The standard InChI is InChI=1S/2C33H36NO2.C8H18.2BrH/c2*35-33(30-11-3-1-4-12-30,31-13-5-2-6-14-31)32-17-20-34(21-18-32,22-19-32)23-24-36-26-27-15-16-28-9-7-8-10-29(28)25-27;1-3-5-7-8-6-4-2;;/h2*1-16,25,35H,17-24,26H2;3-8H2,1-2H3;2*1H/q2*+1;;;/p-2. The molecule has 6 aliphatic rings. The van der Waals surface area contributed by atoms with E-state index in [1.54, 1.807) is 0 Å². The summed E-state index contributed by atoms with van der Waals surface area (Å²) in [6.07, 6.45) is 14.7. The number of benzene rings is 8. The minimum atomic E-state index is -0.960. The van der Waals surface area contributed by atoms with Gasteiger partial charge in [0.15, 0.2) is 0 Å². The van der Waals surface area contributed by atoms with E-state index in [1.807, 2.05) is 24.3 Å². The first-order chi connectivity index (χ1) is 39.2. The molecule has 0 unspecified atom stereocenters. The van der Waals surface area contributed by atoms with E-state index in [-0.39, 0.29) is 44.8 Å². The Bertz CT molecular complexity index is 2830. The number of unbranched alkanes of at least 4 members (excludes halogenated alkanes) is 5. The van der Waals surface area contributed by atoms with Crippen molar-refractivity contribution < 1.29 is 62.6 Å². The number of aliphatic hydroxyl groups is 2. The Labute approximate surface area is 512 Å². The van der Waals surface area contributed by atoms with E-state index in [1.165, 1.54) is 71.2 Å². The van der Waals surface area contributed by atoms with Gasteiger partial charge in [0.2, 0.25) is 0 Å². The average molecular weight is 1230 g/mol. The van der Waals surface area contributed by atoms with Gasteiger partial charge in [0.25, 0.3) is 0 Å². The van der Waals surface area contributed by atoms with Gasteiger partial charge in [0.05, 0.1) is 65.7 Å². The van der Waals surface area contributed by atoms with E-state index in [9.17, 15) is 10.2 Å². The molecule has 0 aromatic heterocycles. The van der Waals surface area contributed by atoms with Gasteiger partial charge < -0.3 is 62.6 Å². The summed E-state index contributed by atoms with van der Waals surface area (Å²) in [6, 6.07) is 71.6. The van der Waals surface area contributed by atoms with E-state index >= 15 is 0 Å². The second-order valence-electron chi connectivity index (χ2n) is 24.3. The van der Waals surface area contributed by atoms with Gasteiger partial charge in [-0.2, -0.15) is 0 Å². The maximum absolute atomic E-state index is 12.5. The fraction of sp³-hybridized carbons (Fsp3) is 0.405. The van der Waals surface area contributed by atoms with Crippen molar-refractivity contribution in [1.82, 2.24) is 0 Å². The summed E-state index contributed by atoms with van der Waals surface area (Å²) in [5, 5.41) is 30.1. The predicted molar refractivity (Wildman–Crippen MR) is 330 cm³/mol. The molecule has 6 fully saturated rings. The molecule has 2 N–H and O–H groups in total. The van der Waals surface area contributed by atoms with Gasteiger partial charge in [0, 0.05) is 49.4 Å². The average Bonchev–Trinajstić information content (AvgIpc) is 1.38. The van der Waals surface area contributed by atoms with Gasteiger partial charge >= 0.3 is 0 Å². The molecular formula is C74H90Br2N2O4. The van der Waals surface area contributed by atoms with Gasteiger partial charge in [0.1, 0.15) is 24.3 Å². The largest absolute Gasteiger partial charge is 1.00 e. The van der Waals surface area contributed by atoms with Crippen molar-refractivity contribution >= 4 is 21.5 Å². The first-order valence-corrected chi connectivity index (χ1v) is 30.6. The number of piperidine rings is 6. The number of rotatable bonds is 21. The van der Waals surface area contributed by atoms with Crippen molar-refractivity contribution in [3.05, 3.63) is 240 Å². The Morgan fingerprint density at radius 1 is 0.366 bits per heavy atom. The summed E-state index contributed by atoms with van der Waals surface area (Å²) in [5.74, 6) is 0. The Morgan fingerprint density at radius 2 is 0.646 bits per heavy atom. The van der Waals surface area contributed by atoms with Crippen molar-refractivity contribution in [1.29, 1.82) is 0 Å². The Hall–Kier alpha value is -5.00. The molecule has 6 nitrogen and oxygen atoms in total. The van der Waals surface area contributed by atoms with Crippen LogP contribution in [0.3, 0.4) is 0 Å². The lowest BCUT2D eigenvalue weighted by atomic mass is 9.56. The van der Waals surface area contributed by atoms with E-state index in [0.29, 0.717) is 13.2 Å². The summed E-state index contributed by atoms with van der Waals surface area (Å²) in [6.45, 7) is 16.2. The van der Waals surface area contributed by atoms with Crippen LogP contribution in [-0.2, 0) is 33.9 Å². The van der Waals surface area contributed by atoms with Crippen LogP contribution in [-0.4, -0.2) is 84.8 Å². The maximum atomic E-state index is 12.5. The molecule has 0 saturated carbocycles. The molecule has 0 radical (unpaired) electrons. The number of halogens is 2. The quantitative estimate of drug-likeness (QED) is 0.0556. The van der Waals surface area contributed by atoms with Gasteiger partial charge in [-0.1, -0.05) is 246 Å². The minimum Gasteiger partial charge on any atom is -1.00 e. The highest BCUT2D eigenvalue weighted by molar-refractivity contribution is 5.83. The Balaban J connectivity index is 0.000000186. The molecule has 82 heavy (non-hydrogen) atoms. The van der Waals surface area contributed by atoms with Crippen LogP contribution in [0.4, 0.5) is 0 Å². The second kappa shape index (κ2) is 29.2. The van der Waals surface area contributed by atoms with Crippen LogP contribution in [0.1, 0.15) is 124 Å². The van der Waals surface area contributed by atoms with Crippen molar-refractivity contribution in [3.63, 3.8) is 0 Å². The highest BCUT2D eigenvalue weighted by Gasteiger charge is 2.61. The van der Waals surface area contributed by atoms with Crippen LogP contribution in [0.15, 0.2) is 206 Å².